The standard InChI is InChI=1S/C24H26N6O2/c1-29(24(32)17-9-4-2-5-10-17)19-13-8-14-30(16-19)20-15-26-21(22(25)31)23(28-20)27-18-11-6-3-7-12-18/h2-7,9-12,15,19H,8,13-14,16H2,1H3,(H2,25,31)(H,27,28)/t19-/m1/s1. The van der Waals surface area contributed by atoms with E-state index in [4.69, 9.17) is 5.73 Å². The molecule has 8 nitrogen and oxygen atoms in total. The van der Waals surface area contributed by atoms with E-state index in [1.54, 1.807) is 11.1 Å². The van der Waals surface area contributed by atoms with Crippen molar-refractivity contribution in [2.75, 3.05) is 30.4 Å². The van der Waals surface area contributed by atoms with Crippen molar-refractivity contribution in [1.29, 1.82) is 0 Å². The average molecular weight is 431 g/mol. The molecule has 0 saturated carbocycles. The van der Waals surface area contributed by atoms with Gasteiger partial charge in [-0.15, -0.1) is 0 Å². The third kappa shape index (κ3) is 4.69. The van der Waals surface area contributed by atoms with E-state index in [1.165, 1.54) is 0 Å². The fourth-order valence-electron chi connectivity index (χ4n) is 3.89. The summed E-state index contributed by atoms with van der Waals surface area (Å²) in [7, 11) is 1.84. The summed E-state index contributed by atoms with van der Waals surface area (Å²) in [6.07, 6.45) is 3.39. The molecule has 0 unspecified atom stereocenters. The molecule has 0 aliphatic carbocycles. The third-order valence-corrected chi connectivity index (χ3v) is 5.64. The Morgan fingerprint density at radius 2 is 1.78 bits per heavy atom. The summed E-state index contributed by atoms with van der Waals surface area (Å²) in [4.78, 5) is 37.6. The zero-order valence-electron chi connectivity index (χ0n) is 17.9. The van der Waals surface area contributed by atoms with Crippen molar-refractivity contribution in [1.82, 2.24) is 14.9 Å². The van der Waals surface area contributed by atoms with Gasteiger partial charge in [0.15, 0.2) is 11.5 Å². The second-order valence-corrected chi connectivity index (χ2v) is 7.80. The van der Waals surface area contributed by atoms with E-state index in [1.807, 2.05) is 67.7 Å². The Labute approximate surface area is 187 Å². The van der Waals surface area contributed by atoms with Crippen molar-refractivity contribution >= 4 is 29.1 Å². The fraction of sp³-hybridized carbons (Fsp3) is 0.250. The molecular formula is C24H26N6O2. The minimum Gasteiger partial charge on any atom is -0.364 e. The lowest BCUT2D eigenvalue weighted by Gasteiger charge is -2.38. The number of primary amides is 1. The normalized spacial score (nSPS) is 15.8. The lowest BCUT2D eigenvalue weighted by molar-refractivity contribution is 0.0717. The van der Waals surface area contributed by atoms with E-state index in [-0.39, 0.29) is 17.6 Å². The molecular weight excluding hydrogens is 404 g/mol. The number of carbonyl (C=O) groups excluding carboxylic acids is 2. The van der Waals surface area contributed by atoms with Crippen LogP contribution in [0.3, 0.4) is 0 Å². The van der Waals surface area contributed by atoms with Crippen LogP contribution in [-0.4, -0.2) is 52.9 Å². The van der Waals surface area contributed by atoms with E-state index in [0.29, 0.717) is 23.7 Å². The first-order valence-corrected chi connectivity index (χ1v) is 10.6. The Hall–Kier alpha value is -3.94. The number of carbonyl (C=O) groups is 2. The van der Waals surface area contributed by atoms with Gasteiger partial charge in [-0.3, -0.25) is 9.59 Å². The minimum absolute atomic E-state index is 0.000885. The van der Waals surface area contributed by atoms with Crippen molar-refractivity contribution in [2.24, 2.45) is 5.73 Å². The molecule has 1 aliphatic heterocycles. The van der Waals surface area contributed by atoms with Gasteiger partial charge >= 0.3 is 0 Å². The highest BCUT2D eigenvalue weighted by atomic mass is 16.2. The largest absolute Gasteiger partial charge is 0.364 e. The summed E-state index contributed by atoms with van der Waals surface area (Å²) in [6.45, 7) is 1.42. The molecule has 4 rings (SSSR count). The molecule has 3 N–H and O–H groups in total. The molecule has 0 spiro atoms. The van der Waals surface area contributed by atoms with Gasteiger partial charge in [-0.05, 0) is 37.1 Å². The van der Waals surface area contributed by atoms with Crippen LogP contribution in [0.25, 0.3) is 0 Å². The van der Waals surface area contributed by atoms with E-state index >= 15 is 0 Å². The van der Waals surface area contributed by atoms with Crippen molar-refractivity contribution in [3.63, 3.8) is 0 Å². The molecule has 164 valence electrons. The lowest BCUT2D eigenvalue weighted by Crippen LogP contribution is -2.49. The maximum atomic E-state index is 12.9. The van der Waals surface area contributed by atoms with Crippen LogP contribution in [0.1, 0.15) is 33.7 Å². The molecule has 2 aromatic carbocycles. The molecule has 0 radical (unpaired) electrons. The number of aromatic nitrogens is 2. The van der Waals surface area contributed by atoms with Crippen molar-refractivity contribution < 1.29 is 9.59 Å². The topological polar surface area (TPSA) is 104 Å². The van der Waals surface area contributed by atoms with Crippen molar-refractivity contribution in [2.45, 2.75) is 18.9 Å². The summed E-state index contributed by atoms with van der Waals surface area (Å²) < 4.78 is 0. The maximum absolute atomic E-state index is 12.9. The molecule has 1 aliphatic rings. The number of piperidine rings is 1. The van der Waals surface area contributed by atoms with E-state index in [2.05, 4.69) is 20.2 Å². The van der Waals surface area contributed by atoms with Gasteiger partial charge in [0, 0.05) is 37.4 Å². The smallest absolute Gasteiger partial charge is 0.271 e. The molecule has 8 heteroatoms. The van der Waals surface area contributed by atoms with Gasteiger partial charge in [0.05, 0.1) is 6.20 Å². The molecule has 1 saturated heterocycles. The average Bonchev–Trinajstić information content (AvgIpc) is 2.84. The zero-order valence-corrected chi connectivity index (χ0v) is 17.9. The number of hydrogen-bond donors (Lipinski definition) is 2. The van der Waals surface area contributed by atoms with Crippen LogP contribution in [0, 0.1) is 0 Å². The Kier molecular flexibility index (Phi) is 6.30. The molecule has 1 aromatic heterocycles. The summed E-state index contributed by atoms with van der Waals surface area (Å²) >= 11 is 0. The first-order valence-electron chi connectivity index (χ1n) is 10.6. The van der Waals surface area contributed by atoms with Gasteiger partial charge in [-0.1, -0.05) is 36.4 Å². The highest BCUT2D eigenvalue weighted by Gasteiger charge is 2.28. The molecule has 1 fully saturated rings. The number of para-hydroxylation sites is 1. The number of nitrogens with two attached hydrogens (primary N) is 1. The number of nitrogens with zero attached hydrogens (tertiary/aromatic N) is 4. The Morgan fingerprint density at radius 3 is 2.47 bits per heavy atom. The monoisotopic (exact) mass is 430 g/mol. The first-order chi connectivity index (χ1) is 15.5. The van der Waals surface area contributed by atoms with Crippen LogP contribution < -0.4 is 16.0 Å². The Morgan fingerprint density at radius 1 is 1.09 bits per heavy atom. The van der Waals surface area contributed by atoms with Gasteiger partial charge in [0.25, 0.3) is 11.8 Å². The lowest BCUT2D eigenvalue weighted by atomic mass is 10.0. The molecule has 0 bridgehead atoms. The van der Waals surface area contributed by atoms with Gasteiger partial charge < -0.3 is 20.9 Å². The first kappa shape index (κ1) is 21.3. The van der Waals surface area contributed by atoms with Crippen LogP contribution in [0.15, 0.2) is 66.9 Å². The van der Waals surface area contributed by atoms with Crippen LogP contribution in [0.5, 0.6) is 0 Å². The molecule has 2 amide bonds. The summed E-state index contributed by atoms with van der Waals surface area (Å²) in [6, 6.07) is 18.8. The highest BCUT2D eigenvalue weighted by Crippen LogP contribution is 2.25. The number of rotatable bonds is 6. The second-order valence-electron chi connectivity index (χ2n) is 7.80. The van der Waals surface area contributed by atoms with Gasteiger partial charge in [-0.2, -0.15) is 0 Å². The van der Waals surface area contributed by atoms with Crippen LogP contribution >= 0.6 is 0 Å². The Balaban J connectivity index is 1.54. The van der Waals surface area contributed by atoms with Gasteiger partial charge in [0.2, 0.25) is 0 Å². The SMILES string of the molecule is CN(C(=O)c1ccccc1)[C@@H]1CCCN(c2cnc(C(N)=O)c(Nc3ccccc3)n2)C1. The highest BCUT2D eigenvalue weighted by molar-refractivity contribution is 5.96. The fourth-order valence-corrected chi connectivity index (χ4v) is 3.89. The van der Waals surface area contributed by atoms with E-state index in [0.717, 1.165) is 25.1 Å². The summed E-state index contributed by atoms with van der Waals surface area (Å²) in [5.41, 5.74) is 7.05. The number of anilines is 3. The number of nitrogens with one attached hydrogen (secondary N) is 1. The third-order valence-electron chi connectivity index (χ3n) is 5.64. The van der Waals surface area contributed by atoms with Crippen LogP contribution in [0.2, 0.25) is 0 Å². The molecule has 2 heterocycles. The number of likely N-dealkylation sites (N-methyl/N-ethyl adjacent to an activating group) is 1. The number of benzene rings is 2. The molecule has 3 aromatic rings. The van der Waals surface area contributed by atoms with E-state index in [9.17, 15) is 9.59 Å². The second kappa shape index (κ2) is 9.47. The van der Waals surface area contributed by atoms with Crippen LogP contribution in [0.4, 0.5) is 17.3 Å². The molecule has 32 heavy (non-hydrogen) atoms. The number of hydrogen-bond acceptors (Lipinski definition) is 6. The van der Waals surface area contributed by atoms with E-state index < -0.39 is 5.91 Å². The predicted molar refractivity (Wildman–Crippen MR) is 124 cm³/mol. The number of amides is 2. The maximum Gasteiger partial charge on any atom is 0.271 e. The van der Waals surface area contributed by atoms with Crippen molar-refractivity contribution in [3.8, 4) is 0 Å². The van der Waals surface area contributed by atoms with Crippen molar-refractivity contribution in [3.05, 3.63) is 78.1 Å². The van der Waals surface area contributed by atoms with Gasteiger partial charge in [0.1, 0.15) is 5.82 Å². The molecule has 1 atom stereocenters. The zero-order chi connectivity index (χ0) is 22.5. The van der Waals surface area contributed by atoms with Gasteiger partial charge in [-0.25, -0.2) is 9.97 Å². The quantitative estimate of drug-likeness (QED) is 0.623. The summed E-state index contributed by atoms with van der Waals surface area (Å²) in [5.74, 6) is 0.307. The Bertz CT molecular complexity index is 1090. The predicted octanol–water partition coefficient (Wildman–Crippen LogP) is 3.06. The minimum atomic E-state index is -0.646. The van der Waals surface area contributed by atoms with Crippen LogP contribution in [-0.2, 0) is 0 Å². The summed E-state index contributed by atoms with van der Waals surface area (Å²) in [5, 5.41) is 3.14.